The Labute approximate surface area is 124 Å². The topological polar surface area (TPSA) is 66.6 Å². The van der Waals surface area contributed by atoms with Crippen molar-refractivity contribution < 1.29 is 14.3 Å². The molecule has 1 aliphatic heterocycles. The molecule has 2 fully saturated rings. The number of nitrogens with zero attached hydrogens (tertiary/aromatic N) is 1. The van der Waals surface area contributed by atoms with E-state index in [1.165, 1.54) is 12.1 Å². The molecule has 1 aromatic rings. The van der Waals surface area contributed by atoms with Gasteiger partial charge in [0.15, 0.2) is 0 Å². The molecule has 1 amide bonds. The molecule has 1 heterocycles. The second-order valence-corrected chi connectivity index (χ2v) is 6.49. The number of aliphatic hydroxyl groups is 1. The van der Waals surface area contributed by atoms with Gasteiger partial charge < -0.3 is 15.7 Å². The van der Waals surface area contributed by atoms with E-state index < -0.39 is 5.82 Å². The van der Waals surface area contributed by atoms with Crippen molar-refractivity contribution in [2.75, 3.05) is 18.8 Å². The normalized spacial score (nSPS) is 28.8. The monoisotopic (exact) mass is 342 g/mol. The van der Waals surface area contributed by atoms with E-state index in [2.05, 4.69) is 15.9 Å². The van der Waals surface area contributed by atoms with Crippen molar-refractivity contribution in [1.29, 1.82) is 0 Å². The third-order valence-corrected chi connectivity index (χ3v) is 5.08. The van der Waals surface area contributed by atoms with Gasteiger partial charge >= 0.3 is 0 Å². The number of fused-ring (bicyclic) bond motifs is 1. The molecule has 1 saturated heterocycles. The number of hydrogen-bond acceptors (Lipinski definition) is 3. The highest BCUT2D eigenvalue weighted by atomic mass is 79.9. The van der Waals surface area contributed by atoms with Crippen LogP contribution in [0.5, 0.6) is 0 Å². The molecule has 0 spiro atoms. The van der Waals surface area contributed by atoms with Gasteiger partial charge in [-0.05, 0) is 46.8 Å². The van der Waals surface area contributed by atoms with Crippen molar-refractivity contribution in [3.63, 3.8) is 0 Å². The van der Waals surface area contributed by atoms with E-state index in [1.54, 1.807) is 4.90 Å². The van der Waals surface area contributed by atoms with Crippen LogP contribution in [0.15, 0.2) is 16.6 Å². The number of amides is 1. The molecule has 4 nitrogen and oxygen atoms in total. The molecule has 0 radical (unpaired) electrons. The molecule has 1 aromatic carbocycles. The standard InChI is InChI=1S/C14H16BrFN2O2/c15-10-4-11(16)12(17)3-8(10)14(20)18-5-7-1-2-13(19)9(7)6-18/h3-4,7,9,13,19H,1-2,5-6,17H2. The number of rotatable bonds is 1. The van der Waals surface area contributed by atoms with Gasteiger partial charge in [0, 0.05) is 23.5 Å². The van der Waals surface area contributed by atoms with E-state index >= 15 is 0 Å². The maximum absolute atomic E-state index is 13.3. The maximum Gasteiger partial charge on any atom is 0.255 e. The summed E-state index contributed by atoms with van der Waals surface area (Å²) in [5.41, 5.74) is 5.88. The third kappa shape index (κ3) is 2.20. The Balaban J connectivity index is 1.82. The van der Waals surface area contributed by atoms with Crippen molar-refractivity contribution in [1.82, 2.24) is 4.90 Å². The summed E-state index contributed by atoms with van der Waals surface area (Å²) in [5, 5.41) is 9.89. The molecule has 2 aliphatic rings. The molecule has 3 N–H and O–H groups in total. The lowest BCUT2D eigenvalue weighted by Crippen LogP contribution is -2.31. The van der Waals surface area contributed by atoms with E-state index in [0.717, 1.165) is 12.8 Å². The molecule has 20 heavy (non-hydrogen) atoms. The summed E-state index contributed by atoms with van der Waals surface area (Å²) in [6.07, 6.45) is 1.48. The van der Waals surface area contributed by atoms with Crippen LogP contribution in [0, 0.1) is 17.7 Å². The molecule has 0 aromatic heterocycles. The predicted molar refractivity (Wildman–Crippen MR) is 76.6 cm³/mol. The number of carbonyl (C=O) groups excluding carboxylic acids is 1. The van der Waals surface area contributed by atoms with Gasteiger partial charge in [-0.25, -0.2) is 4.39 Å². The summed E-state index contributed by atoms with van der Waals surface area (Å²) in [6, 6.07) is 2.58. The first-order valence-electron chi connectivity index (χ1n) is 6.69. The Morgan fingerprint density at radius 2 is 2.15 bits per heavy atom. The quantitative estimate of drug-likeness (QED) is 0.767. The predicted octanol–water partition coefficient (Wildman–Crippen LogP) is 2.01. The minimum Gasteiger partial charge on any atom is -0.396 e. The van der Waals surface area contributed by atoms with Crippen molar-refractivity contribution in [3.8, 4) is 0 Å². The van der Waals surface area contributed by atoms with Crippen LogP contribution in [-0.4, -0.2) is 35.1 Å². The second-order valence-electron chi connectivity index (χ2n) is 5.63. The third-order valence-electron chi connectivity index (χ3n) is 4.42. The zero-order chi connectivity index (χ0) is 14.4. The van der Waals surface area contributed by atoms with Crippen LogP contribution in [0.2, 0.25) is 0 Å². The zero-order valence-electron chi connectivity index (χ0n) is 10.9. The van der Waals surface area contributed by atoms with Gasteiger partial charge in [-0.3, -0.25) is 4.79 Å². The lowest BCUT2D eigenvalue weighted by molar-refractivity contribution is 0.0751. The van der Waals surface area contributed by atoms with E-state index in [0.29, 0.717) is 29.0 Å². The lowest BCUT2D eigenvalue weighted by Gasteiger charge is -2.19. The largest absolute Gasteiger partial charge is 0.396 e. The van der Waals surface area contributed by atoms with Crippen molar-refractivity contribution in [3.05, 3.63) is 28.0 Å². The summed E-state index contributed by atoms with van der Waals surface area (Å²) in [7, 11) is 0. The van der Waals surface area contributed by atoms with Crippen molar-refractivity contribution in [2.24, 2.45) is 11.8 Å². The van der Waals surface area contributed by atoms with Crippen molar-refractivity contribution in [2.45, 2.75) is 18.9 Å². The van der Waals surface area contributed by atoms with Crippen LogP contribution in [0.25, 0.3) is 0 Å². The summed E-state index contributed by atoms with van der Waals surface area (Å²) in [5.74, 6) is -0.145. The fourth-order valence-corrected chi connectivity index (χ4v) is 3.79. The number of nitrogen functional groups attached to an aromatic ring is 1. The first-order chi connectivity index (χ1) is 9.47. The number of hydrogen-bond donors (Lipinski definition) is 2. The average molecular weight is 343 g/mol. The summed E-state index contributed by atoms with van der Waals surface area (Å²) in [6.45, 7) is 1.22. The Bertz CT molecular complexity index is 566. The van der Waals surface area contributed by atoms with Gasteiger partial charge in [-0.1, -0.05) is 0 Å². The molecule has 1 saturated carbocycles. The molecular weight excluding hydrogens is 327 g/mol. The first-order valence-corrected chi connectivity index (χ1v) is 7.48. The highest BCUT2D eigenvalue weighted by molar-refractivity contribution is 9.10. The Kier molecular flexibility index (Phi) is 3.46. The van der Waals surface area contributed by atoms with Crippen LogP contribution >= 0.6 is 15.9 Å². The minimum atomic E-state index is -0.540. The summed E-state index contributed by atoms with van der Waals surface area (Å²) >= 11 is 3.21. The lowest BCUT2D eigenvalue weighted by atomic mass is 10.00. The second kappa shape index (κ2) is 5.00. The molecule has 6 heteroatoms. The van der Waals surface area contributed by atoms with Gasteiger partial charge in [0.25, 0.3) is 5.91 Å². The van der Waals surface area contributed by atoms with Gasteiger partial charge in [-0.15, -0.1) is 0 Å². The number of anilines is 1. The van der Waals surface area contributed by atoms with E-state index in [9.17, 15) is 14.3 Å². The molecule has 0 bridgehead atoms. The zero-order valence-corrected chi connectivity index (χ0v) is 12.4. The van der Waals surface area contributed by atoms with Crippen LogP contribution in [0.1, 0.15) is 23.2 Å². The fraction of sp³-hybridized carbons (Fsp3) is 0.500. The first kappa shape index (κ1) is 13.8. The van der Waals surface area contributed by atoms with Crippen LogP contribution in [0.4, 0.5) is 10.1 Å². The van der Waals surface area contributed by atoms with Gasteiger partial charge in [0.2, 0.25) is 0 Å². The summed E-state index contributed by atoms with van der Waals surface area (Å²) < 4.78 is 13.7. The fourth-order valence-electron chi connectivity index (χ4n) is 3.30. The Hall–Kier alpha value is -1.14. The van der Waals surface area contributed by atoms with E-state index in [-0.39, 0.29) is 23.6 Å². The number of carbonyl (C=O) groups is 1. The number of benzene rings is 1. The van der Waals surface area contributed by atoms with Gasteiger partial charge in [-0.2, -0.15) is 0 Å². The number of likely N-dealkylation sites (tertiary alicyclic amines) is 1. The maximum atomic E-state index is 13.3. The Morgan fingerprint density at radius 3 is 2.85 bits per heavy atom. The Morgan fingerprint density at radius 1 is 1.40 bits per heavy atom. The number of nitrogens with two attached hydrogens (primary N) is 1. The highest BCUT2D eigenvalue weighted by Gasteiger charge is 2.43. The molecule has 108 valence electrons. The van der Waals surface area contributed by atoms with Crippen molar-refractivity contribution >= 4 is 27.5 Å². The van der Waals surface area contributed by atoms with Gasteiger partial charge in [0.05, 0.1) is 17.4 Å². The molecule has 1 aliphatic carbocycles. The number of halogens is 2. The van der Waals surface area contributed by atoms with E-state index in [4.69, 9.17) is 5.73 Å². The van der Waals surface area contributed by atoms with Crippen LogP contribution < -0.4 is 5.73 Å². The summed E-state index contributed by atoms with van der Waals surface area (Å²) in [4.78, 5) is 14.2. The molecular formula is C14H16BrFN2O2. The van der Waals surface area contributed by atoms with Crippen LogP contribution in [0.3, 0.4) is 0 Å². The van der Waals surface area contributed by atoms with Crippen LogP contribution in [-0.2, 0) is 0 Å². The molecule has 3 atom stereocenters. The van der Waals surface area contributed by atoms with Gasteiger partial charge in [0.1, 0.15) is 5.82 Å². The average Bonchev–Trinajstić information content (AvgIpc) is 2.96. The SMILES string of the molecule is Nc1cc(C(=O)N2CC3CCC(O)C3C2)c(Br)cc1F. The van der Waals surface area contributed by atoms with E-state index in [1.807, 2.05) is 0 Å². The molecule has 3 rings (SSSR count). The molecule has 3 unspecified atom stereocenters. The smallest absolute Gasteiger partial charge is 0.255 e. The number of aliphatic hydroxyl groups excluding tert-OH is 1. The minimum absolute atomic E-state index is 0.0315. The highest BCUT2D eigenvalue weighted by Crippen LogP contribution is 2.39.